The van der Waals surface area contributed by atoms with Gasteiger partial charge in [-0.25, -0.2) is 0 Å². The van der Waals surface area contributed by atoms with Crippen LogP contribution in [0.1, 0.15) is 69.2 Å². The molecule has 1 aliphatic heterocycles. The molecule has 0 N–H and O–H groups in total. The van der Waals surface area contributed by atoms with Crippen molar-refractivity contribution >= 4 is 42.8 Å². The second-order valence-corrected chi connectivity index (χ2v) is 34.5. The Bertz CT molecular complexity index is 657. The van der Waals surface area contributed by atoms with Crippen molar-refractivity contribution in [3.63, 3.8) is 0 Å². The Morgan fingerprint density at radius 3 is 0.533 bits per heavy atom. The van der Waals surface area contributed by atoms with Crippen molar-refractivity contribution in [1.82, 2.24) is 0 Å². The van der Waals surface area contributed by atoms with Gasteiger partial charge in [-0.15, -0.1) is 0 Å². The van der Waals surface area contributed by atoms with E-state index in [1.54, 1.807) is 35.5 Å². The van der Waals surface area contributed by atoms with E-state index in [2.05, 4.69) is 69.2 Å². The highest BCUT2D eigenvalue weighted by molar-refractivity contribution is 6.96. The van der Waals surface area contributed by atoms with Gasteiger partial charge in [0.25, 0.3) is 0 Å². The first-order chi connectivity index (χ1) is 21.1. The summed E-state index contributed by atoms with van der Waals surface area (Å²) in [7, 11) is -6.78. The smallest absolute Gasteiger partial charge is 0.325 e. The van der Waals surface area contributed by atoms with E-state index in [0.29, 0.717) is 63.3 Å². The van der Waals surface area contributed by atoms with Crippen LogP contribution < -0.4 is 0 Å². The summed E-state index contributed by atoms with van der Waals surface area (Å²) in [4.78, 5) is 0. The Hall–Kier alpha value is 0.684. The molecule has 0 bridgehead atoms. The van der Waals surface area contributed by atoms with Crippen LogP contribution >= 0.6 is 0 Å². The third kappa shape index (κ3) is 11.1. The van der Waals surface area contributed by atoms with Crippen LogP contribution in [0.15, 0.2) is 0 Å². The lowest BCUT2D eigenvalue weighted by atomic mass is 10.6. The molecule has 10 nitrogen and oxygen atoms in total. The number of ether oxygens (including phenoxy) is 5. The Balaban J connectivity index is 4.46. The monoisotopic (exact) mass is 730 g/mol. The number of rotatable bonds is 20. The van der Waals surface area contributed by atoms with Gasteiger partial charge in [0.1, 0.15) is 0 Å². The van der Waals surface area contributed by atoms with Crippen LogP contribution in [-0.2, 0) is 44.3 Å². The van der Waals surface area contributed by atoms with Gasteiger partial charge >= 0.3 is 42.8 Å². The molecule has 0 amide bonds. The highest BCUT2D eigenvalue weighted by Crippen LogP contribution is 2.50. The molecule has 15 heteroatoms. The highest BCUT2D eigenvalue weighted by Gasteiger charge is 2.65. The molecule has 0 radical (unpaired) electrons. The van der Waals surface area contributed by atoms with E-state index < -0.39 is 42.8 Å². The van der Waals surface area contributed by atoms with E-state index in [1.165, 1.54) is 0 Å². The SMILES string of the molecule is COCC[Si]1(C(C)C)O[Si](CCOC)(C(C)C)O[Si](CCOC)(C(C)C)O[Si](CCOC)(C(C)C)O[Si](CCOC)(C(C)C)O1. The minimum absolute atomic E-state index is 0.115. The summed E-state index contributed by atoms with van der Waals surface area (Å²) in [5.41, 5.74) is 0.577. The molecule has 0 aromatic rings. The average Bonchev–Trinajstić information content (AvgIpc) is 2.98. The fourth-order valence-corrected chi connectivity index (χ4v) is 39.2. The van der Waals surface area contributed by atoms with Gasteiger partial charge in [0.15, 0.2) is 0 Å². The first-order valence-electron chi connectivity index (χ1n) is 17.0. The maximum absolute atomic E-state index is 7.80. The molecule has 0 spiro atoms. The van der Waals surface area contributed by atoms with Gasteiger partial charge < -0.3 is 44.3 Å². The van der Waals surface area contributed by atoms with Gasteiger partial charge in [0, 0.05) is 98.8 Å². The summed E-state index contributed by atoms with van der Waals surface area (Å²) in [5.74, 6) is 0. The Kier molecular flexibility index (Phi) is 19.2. The van der Waals surface area contributed by atoms with E-state index in [0.717, 1.165) is 0 Å². The molecule has 1 heterocycles. The first-order valence-corrected chi connectivity index (χ1v) is 27.5. The lowest BCUT2D eigenvalue weighted by Crippen LogP contribution is -2.73. The van der Waals surface area contributed by atoms with Crippen molar-refractivity contribution in [2.24, 2.45) is 0 Å². The molecule has 1 rings (SSSR count). The van der Waals surface area contributed by atoms with Crippen molar-refractivity contribution in [1.29, 1.82) is 0 Å². The summed E-state index contributed by atoms with van der Waals surface area (Å²) < 4.78 is 67.8. The van der Waals surface area contributed by atoms with Crippen LogP contribution in [0.3, 0.4) is 0 Å². The van der Waals surface area contributed by atoms with Crippen molar-refractivity contribution in [3.05, 3.63) is 0 Å². The van der Waals surface area contributed by atoms with E-state index >= 15 is 0 Å². The van der Waals surface area contributed by atoms with Crippen LogP contribution in [0.2, 0.25) is 57.9 Å². The normalized spacial score (nSPS) is 32.0. The fraction of sp³-hybridized carbons (Fsp3) is 1.00. The fourth-order valence-electron chi connectivity index (χ4n) is 5.92. The first kappa shape index (κ1) is 43.7. The highest BCUT2D eigenvalue weighted by atomic mass is 28.5. The Morgan fingerprint density at radius 2 is 0.444 bits per heavy atom. The van der Waals surface area contributed by atoms with Crippen LogP contribution in [0.4, 0.5) is 0 Å². The maximum Gasteiger partial charge on any atom is 0.325 e. The van der Waals surface area contributed by atoms with Crippen molar-refractivity contribution in [3.8, 4) is 0 Å². The average molecular weight is 731 g/mol. The largest absolute Gasteiger partial charge is 0.415 e. The molecule has 0 aliphatic carbocycles. The second-order valence-electron chi connectivity index (χ2n) is 14.1. The Morgan fingerprint density at radius 1 is 0.311 bits per heavy atom. The predicted octanol–water partition coefficient (Wildman–Crippen LogP) is 7.58. The van der Waals surface area contributed by atoms with Gasteiger partial charge in [0.05, 0.1) is 0 Å². The topological polar surface area (TPSA) is 92.3 Å². The zero-order chi connectivity index (χ0) is 34.5. The third-order valence-corrected chi connectivity index (χ3v) is 36.5. The molecule has 1 aliphatic rings. The molecule has 0 atom stereocenters. The molecule has 1 saturated heterocycles. The van der Waals surface area contributed by atoms with Crippen molar-refractivity contribution < 1.29 is 44.3 Å². The minimum Gasteiger partial charge on any atom is -0.415 e. The maximum atomic E-state index is 7.80. The molecular weight excluding hydrogens is 661 g/mol. The van der Waals surface area contributed by atoms with Crippen molar-refractivity contribution in [2.75, 3.05) is 68.6 Å². The van der Waals surface area contributed by atoms with Crippen LogP contribution in [0.5, 0.6) is 0 Å². The zero-order valence-electron chi connectivity index (χ0n) is 31.5. The van der Waals surface area contributed by atoms with Gasteiger partial charge in [0.2, 0.25) is 0 Å². The van der Waals surface area contributed by atoms with Gasteiger partial charge in [-0.3, -0.25) is 0 Å². The predicted molar refractivity (Wildman–Crippen MR) is 193 cm³/mol. The molecule has 45 heavy (non-hydrogen) atoms. The molecule has 0 saturated carbocycles. The van der Waals surface area contributed by atoms with Crippen LogP contribution in [0.25, 0.3) is 0 Å². The van der Waals surface area contributed by atoms with Crippen LogP contribution in [0, 0.1) is 0 Å². The molecule has 0 unspecified atom stereocenters. The number of methoxy groups -OCH3 is 5. The van der Waals surface area contributed by atoms with Gasteiger partial charge in [-0.05, 0) is 27.7 Å². The summed E-state index contributed by atoms with van der Waals surface area (Å²) >= 11 is 0. The second kappa shape index (κ2) is 19.8. The summed E-state index contributed by atoms with van der Waals surface area (Å²) in [5, 5.41) is 0. The Labute approximate surface area is 282 Å². The van der Waals surface area contributed by atoms with E-state index in [4.69, 9.17) is 44.3 Å². The van der Waals surface area contributed by atoms with Gasteiger partial charge in [-0.1, -0.05) is 69.2 Å². The molecule has 0 aromatic heterocycles. The molecular formula is C30H70O10Si5. The summed E-state index contributed by atoms with van der Waals surface area (Å²) in [6.07, 6.45) is 0. The number of hydrogen-bond acceptors (Lipinski definition) is 10. The molecule has 270 valence electrons. The minimum atomic E-state index is -3.11. The zero-order valence-corrected chi connectivity index (χ0v) is 36.5. The lowest BCUT2D eigenvalue weighted by molar-refractivity contribution is 0.148. The molecule has 0 aromatic carbocycles. The van der Waals surface area contributed by atoms with E-state index in [9.17, 15) is 0 Å². The van der Waals surface area contributed by atoms with Crippen molar-refractivity contribution in [2.45, 2.75) is 127 Å². The van der Waals surface area contributed by atoms with Gasteiger partial charge in [-0.2, -0.15) is 0 Å². The molecule has 1 fully saturated rings. The lowest BCUT2D eigenvalue weighted by Gasteiger charge is -2.57. The van der Waals surface area contributed by atoms with E-state index in [-0.39, 0.29) is 27.7 Å². The summed E-state index contributed by atoms with van der Waals surface area (Å²) in [6, 6.07) is 3.40. The summed E-state index contributed by atoms with van der Waals surface area (Å²) in [6.45, 7) is 25.1. The van der Waals surface area contributed by atoms with E-state index in [1.807, 2.05) is 0 Å². The quantitative estimate of drug-likeness (QED) is 0.117. The standard InChI is InChI=1S/C30H70O10Si5/c1-26(2)41(21-16-31-11)36-42(27(3)4,22-17-32-12)38-44(29(7)8,24-19-34-14)40-45(30(9)10,25-20-35-15)39-43(37-41,28(5)6)23-18-33-13/h26-30H,16-25H2,1-15H3. The third-order valence-electron chi connectivity index (χ3n) is 9.40. The number of hydrogen-bond donors (Lipinski definition) is 0. The van der Waals surface area contributed by atoms with Crippen LogP contribution in [-0.4, -0.2) is 111 Å².